The van der Waals surface area contributed by atoms with Crippen molar-refractivity contribution in [2.75, 3.05) is 10.6 Å². The molecule has 1 aromatic carbocycles. The van der Waals surface area contributed by atoms with Crippen molar-refractivity contribution in [2.45, 2.75) is 38.1 Å². The maximum atomic E-state index is 11.4. The van der Waals surface area contributed by atoms with Gasteiger partial charge in [-0.3, -0.25) is 4.79 Å². The lowest BCUT2D eigenvalue weighted by molar-refractivity contribution is -0.115. The Hall–Kier alpha value is -2.02. The summed E-state index contributed by atoms with van der Waals surface area (Å²) < 4.78 is 0. The van der Waals surface area contributed by atoms with Gasteiger partial charge in [0.25, 0.3) is 0 Å². The van der Waals surface area contributed by atoms with Crippen molar-refractivity contribution in [3.05, 3.63) is 24.3 Å². The molecule has 0 heterocycles. The summed E-state index contributed by atoms with van der Waals surface area (Å²) in [6.45, 7) is 0. The molecule has 0 radical (unpaired) electrons. The summed E-state index contributed by atoms with van der Waals surface area (Å²) in [5.41, 5.74) is 1.69. The van der Waals surface area contributed by atoms with Gasteiger partial charge in [-0.1, -0.05) is 25.0 Å². The van der Waals surface area contributed by atoms with Gasteiger partial charge in [-0.2, -0.15) is 5.26 Å². The average Bonchev–Trinajstić information content (AvgIpc) is 2.85. The number of carbonyl (C=O) groups is 1. The second kappa shape index (κ2) is 6.06. The van der Waals surface area contributed by atoms with Crippen LogP contribution in [0.15, 0.2) is 24.3 Å². The SMILES string of the molecule is N#CCC(=O)Nc1ccccc1NC1CCCC1. The number of nitriles is 1. The van der Waals surface area contributed by atoms with Crippen LogP contribution in [0.4, 0.5) is 11.4 Å². The molecular weight excluding hydrogens is 226 g/mol. The van der Waals surface area contributed by atoms with E-state index < -0.39 is 0 Å². The van der Waals surface area contributed by atoms with E-state index in [-0.39, 0.29) is 12.3 Å². The quantitative estimate of drug-likeness (QED) is 0.854. The molecule has 1 aliphatic rings. The van der Waals surface area contributed by atoms with E-state index in [1.165, 1.54) is 25.7 Å². The van der Waals surface area contributed by atoms with Crippen molar-refractivity contribution >= 4 is 17.3 Å². The van der Waals surface area contributed by atoms with E-state index in [0.717, 1.165) is 11.4 Å². The minimum Gasteiger partial charge on any atom is -0.381 e. The number of hydrogen-bond acceptors (Lipinski definition) is 3. The zero-order valence-electron chi connectivity index (χ0n) is 10.3. The molecule has 0 aromatic heterocycles. The monoisotopic (exact) mass is 243 g/mol. The first-order valence-corrected chi connectivity index (χ1v) is 6.32. The number of hydrogen-bond donors (Lipinski definition) is 2. The highest BCUT2D eigenvalue weighted by atomic mass is 16.1. The van der Waals surface area contributed by atoms with Crippen LogP contribution in [0.1, 0.15) is 32.1 Å². The molecule has 0 saturated heterocycles. The van der Waals surface area contributed by atoms with Gasteiger partial charge in [0.15, 0.2) is 0 Å². The van der Waals surface area contributed by atoms with Crippen molar-refractivity contribution in [1.82, 2.24) is 0 Å². The van der Waals surface area contributed by atoms with Gasteiger partial charge in [0.1, 0.15) is 6.42 Å². The van der Waals surface area contributed by atoms with E-state index in [0.29, 0.717) is 6.04 Å². The van der Waals surface area contributed by atoms with Crippen LogP contribution in [0.3, 0.4) is 0 Å². The minimum absolute atomic E-state index is 0.113. The van der Waals surface area contributed by atoms with Crippen LogP contribution in [-0.4, -0.2) is 11.9 Å². The summed E-state index contributed by atoms with van der Waals surface area (Å²) in [6.07, 6.45) is 4.78. The van der Waals surface area contributed by atoms with E-state index >= 15 is 0 Å². The normalized spacial score (nSPS) is 15.1. The van der Waals surface area contributed by atoms with Gasteiger partial charge < -0.3 is 10.6 Å². The molecule has 18 heavy (non-hydrogen) atoms. The number of benzene rings is 1. The molecule has 0 unspecified atom stereocenters. The number of carbonyl (C=O) groups excluding carboxylic acids is 1. The fraction of sp³-hybridized carbons (Fsp3) is 0.429. The first-order valence-electron chi connectivity index (χ1n) is 6.32. The Morgan fingerprint density at radius 2 is 1.94 bits per heavy atom. The topological polar surface area (TPSA) is 64.9 Å². The van der Waals surface area contributed by atoms with Gasteiger partial charge in [-0.05, 0) is 25.0 Å². The van der Waals surface area contributed by atoms with Crippen LogP contribution in [0.2, 0.25) is 0 Å². The highest BCUT2D eigenvalue weighted by molar-refractivity contribution is 5.95. The predicted molar refractivity (Wildman–Crippen MR) is 71.2 cm³/mol. The molecular formula is C14H17N3O. The number of rotatable bonds is 4. The second-order valence-corrected chi connectivity index (χ2v) is 4.55. The van der Waals surface area contributed by atoms with Crippen molar-refractivity contribution in [2.24, 2.45) is 0 Å². The minimum atomic E-state index is -0.266. The van der Waals surface area contributed by atoms with Crippen molar-refractivity contribution in [1.29, 1.82) is 5.26 Å². The molecule has 2 rings (SSSR count). The molecule has 1 aliphatic carbocycles. The molecule has 1 aromatic rings. The molecule has 0 atom stereocenters. The van der Waals surface area contributed by atoms with E-state index in [4.69, 9.17) is 5.26 Å². The zero-order chi connectivity index (χ0) is 12.8. The van der Waals surface area contributed by atoms with Gasteiger partial charge in [-0.25, -0.2) is 0 Å². The second-order valence-electron chi connectivity index (χ2n) is 4.55. The smallest absolute Gasteiger partial charge is 0.238 e. The Kier molecular flexibility index (Phi) is 4.19. The van der Waals surface area contributed by atoms with E-state index in [9.17, 15) is 4.79 Å². The van der Waals surface area contributed by atoms with Crippen molar-refractivity contribution in [3.8, 4) is 6.07 Å². The Bertz CT molecular complexity index is 458. The first kappa shape index (κ1) is 12.4. The summed E-state index contributed by atoms with van der Waals surface area (Å²) in [5.74, 6) is -0.266. The molecule has 0 spiro atoms. The molecule has 4 heteroatoms. The molecule has 0 bridgehead atoms. The van der Waals surface area contributed by atoms with Crippen molar-refractivity contribution in [3.63, 3.8) is 0 Å². The predicted octanol–water partition coefficient (Wildman–Crippen LogP) is 2.89. The number of nitrogens with one attached hydrogen (secondary N) is 2. The lowest BCUT2D eigenvalue weighted by Gasteiger charge is -2.17. The number of para-hydroxylation sites is 2. The van der Waals surface area contributed by atoms with E-state index in [1.807, 2.05) is 30.3 Å². The lowest BCUT2D eigenvalue weighted by atomic mass is 10.2. The maximum Gasteiger partial charge on any atom is 0.238 e. The van der Waals surface area contributed by atoms with Gasteiger partial charge >= 0.3 is 0 Å². The van der Waals surface area contributed by atoms with Crippen LogP contribution < -0.4 is 10.6 Å². The average molecular weight is 243 g/mol. The van der Waals surface area contributed by atoms with Crippen LogP contribution in [-0.2, 0) is 4.79 Å². The largest absolute Gasteiger partial charge is 0.381 e. The number of anilines is 2. The Morgan fingerprint density at radius 1 is 1.28 bits per heavy atom. The highest BCUT2D eigenvalue weighted by Crippen LogP contribution is 2.27. The molecule has 1 fully saturated rings. The van der Waals surface area contributed by atoms with E-state index in [2.05, 4.69) is 10.6 Å². The molecule has 0 aliphatic heterocycles. The standard InChI is InChI=1S/C14H17N3O/c15-10-9-14(18)17-13-8-4-3-7-12(13)16-11-5-1-2-6-11/h3-4,7-8,11,16H,1-2,5-6,9H2,(H,17,18). The Balaban J connectivity index is 2.05. The van der Waals surface area contributed by atoms with Crippen LogP contribution in [0, 0.1) is 11.3 Å². The molecule has 94 valence electrons. The van der Waals surface area contributed by atoms with Crippen LogP contribution >= 0.6 is 0 Å². The fourth-order valence-corrected chi connectivity index (χ4v) is 2.27. The molecule has 1 amide bonds. The third-order valence-corrected chi connectivity index (χ3v) is 3.16. The summed E-state index contributed by atoms with van der Waals surface area (Å²) in [5, 5.41) is 14.7. The number of nitrogens with zero attached hydrogens (tertiary/aromatic N) is 1. The summed E-state index contributed by atoms with van der Waals surface area (Å²) in [6, 6.07) is 9.98. The zero-order valence-corrected chi connectivity index (χ0v) is 10.3. The van der Waals surface area contributed by atoms with Gasteiger partial charge in [0.05, 0.1) is 17.4 Å². The highest BCUT2D eigenvalue weighted by Gasteiger charge is 2.16. The first-order chi connectivity index (χ1) is 8.79. The third-order valence-electron chi connectivity index (χ3n) is 3.16. The fourth-order valence-electron chi connectivity index (χ4n) is 2.27. The maximum absolute atomic E-state index is 11.4. The number of amides is 1. The van der Waals surface area contributed by atoms with Crippen LogP contribution in [0.25, 0.3) is 0 Å². The Labute approximate surface area is 107 Å². The molecule has 1 saturated carbocycles. The van der Waals surface area contributed by atoms with Crippen molar-refractivity contribution < 1.29 is 4.79 Å². The third kappa shape index (κ3) is 3.24. The van der Waals surface area contributed by atoms with E-state index in [1.54, 1.807) is 0 Å². The van der Waals surface area contributed by atoms with Crippen LogP contribution in [0.5, 0.6) is 0 Å². The molecule has 4 nitrogen and oxygen atoms in total. The lowest BCUT2D eigenvalue weighted by Crippen LogP contribution is -2.17. The van der Waals surface area contributed by atoms with Gasteiger partial charge in [0, 0.05) is 6.04 Å². The van der Waals surface area contributed by atoms with Gasteiger partial charge in [0.2, 0.25) is 5.91 Å². The molecule has 2 N–H and O–H groups in total. The summed E-state index contributed by atoms with van der Waals surface area (Å²) in [4.78, 5) is 11.4. The Morgan fingerprint density at radius 3 is 2.61 bits per heavy atom. The summed E-state index contributed by atoms with van der Waals surface area (Å²) >= 11 is 0. The summed E-state index contributed by atoms with van der Waals surface area (Å²) in [7, 11) is 0. The van der Waals surface area contributed by atoms with Gasteiger partial charge in [-0.15, -0.1) is 0 Å².